The second kappa shape index (κ2) is 4.29. The van der Waals surface area contributed by atoms with E-state index in [1.165, 1.54) is 0 Å². The molecule has 0 aromatic heterocycles. The van der Waals surface area contributed by atoms with Crippen LogP contribution in [0.25, 0.3) is 0 Å². The smallest absolute Gasteiger partial charge is 0.124 e. The quantitative estimate of drug-likeness (QED) is 0.481. The first kappa shape index (κ1) is 9.44. The van der Waals surface area contributed by atoms with Crippen molar-refractivity contribution in [2.45, 2.75) is 13.8 Å². The lowest BCUT2D eigenvalue weighted by Gasteiger charge is -2.05. The molecule has 10 heavy (non-hydrogen) atoms. The van der Waals surface area contributed by atoms with Gasteiger partial charge in [0.05, 0.1) is 0 Å². The summed E-state index contributed by atoms with van der Waals surface area (Å²) in [6.45, 7) is 7.52. The summed E-state index contributed by atoms with van der Waals surface area (Å²) in [5.74, 6) is 0.294. The molecule has 0 aromatic carbocycles. The van der Waals surface area contributed by atoms with Crippen molar-refractivity contribution in [3.63, 3.8) is 0 Å². The third-order valence-electron chi connectivity index (χ3n) is 1.17. The molecular weight excluding hydrogens is 146 g/mol. The average molecular weight is 158 g/mol. The molecule has 56 valence electrons. The topological polar surface area (TPSA) is 23.9 Å². The maximum atomic E-state index is 7.13. The molecule has 0 atom stereocenters. The van der Waals surface area contributed by atoms with Crippen LogP contribution in [-0.4, -0.2) is 5.17 Å². The summed E-state index contributed by atoms with van der Waals surface area (Å²) < 4.78 is 0. The highest BCUT2D eigenvalue weighted by molar-refractivity contribution is 6.68. The predicted molar refractivity (Wildman–Crippen MR) is 46.7 cm³/mol. The summed E-state index contributed by atoms with van der Waals surface area (Å²) in [5.41, 5.74) is 0.830. The second-order valence-electron chi connectivity index (χ2n) is 2.33. The second-order valence-corrected chi connectivity index (χ2v) is 2.70. The molecule has 0 amide bonds. The Kier molecular flexibility index (Phi) is 4.05. The lowest BCUT2D eigenvalue weighted by molar-refractivity contribution is 0.804. The summed E-state index contributed by atoms with van der Waals surface area (Å²) in [7, 11) is 0. The van der Waals surface area contributed by atoms with Gasteiger partial charge in [0.15, 0.2) is 0 Å². The number of nitrogens with one attached hydrogen (secondary N) is 1. The molecular formula is C8H12ClN. The Morgan fingerprint density at radius 3 is 2.20 bits per heavy atom. The molecule has 0 aliphatic carbocycles. The van der Waals surface area contributed by atoms with Gasteiger partial charge in [0.1, 0.15) is 5.17 Å². The van der Waals surface area contributed by atoms with Crippen molar-refractivity contribution in [3.8, 4) is 0 Å². The van der Waals surface area contributed by atoms with E-state index in [1.54, 1.807) is 12.2 Å². The third kappa shape index (κ3) is 2.83. The van der Waals surface area contributed by atoms with Gasteiger partial charge in [-0.3, -0.25) is 5.41 Å². The summed E-state index contributed by atoms with van der Waals surface area (Å²) >= 11 is 5.48. The van der Waals surface area contributed by atoms with Crippen LogP contribution in [0, 0.1) is 11.3 Å². The molecule has 0 bridgehead atoms. The summed E-state index contributed by atoms with van der Waals surface area (Å²) in [5, 5.41) is 7.24. The Labute approximate surface area is 66.9 Å². The van der Waals surface area contributed by atoms with Crippen LogP contribution in [-0.2, 0) is 0 Å². The largest absolute Gasteiger partial charge is 0.289 e. The maximum absolute atomic E-state index is 7.13. The van der Waals surface area contributed by atoms with Gasteiger partial charge in [-0.15, -0.1) is 0 Å². The Hall–Kier alpha value is -0.560. The lowest BCUT2D eigenvalue weighted by Crippen LogP contribution is -2.00. The summed E-state index contributed by atoms with van der Waals surface area (Å²) in [6.07, 6.45) is 3.41. The van der Waals surface area contributed by atoms with E-state index >= 15 is 0 Å². The van der Waals surface area contributed by atoms with Crippen LogP contribution in [0.1, 0.15) is 13.8 Å². The van der Waals surface area contributed by atoms with Crippen LogP contribution in [0.3, 0.4) is 0 Å². The number of rotatable bonds is 3. The molecule has 0 unspecified atom stereocenters. The fourth-order valence-corrected chi connectivity index (χ4v) is 0.927. The van der Waals surface area contributed by atoms with Gasteiger partial charge in [-0.1, -0.05) is 44.2 Å². The fourth-order valence-electron chi connectivity index (χ4n) is 0.646. The van der Waals surface area contributed by atoms with Crippen LogP contribution in [0.2, 0.25) is 0 Å². The molecule has 1 N–H and O–H groups in total. The Bertz CT molecular complexity index is 168. The minimum atomic E-state index is 0.106. The van der Waals surface area contributed by atoms with E-state index in [4.69, 9.17) is 17.0 Å². The lowest BCUT2D eigenvalue weighted by atomic mass is 10.0. The number of hydrogen-bond acceptors (Lipinski definition) is 1. The molecule has 0 aromatic rings. The van der Waals surface area contributed by atoms with E-state index < -0.39 is 0 Å². The molecule has 0 rings (SSSR count). The van der Waals surface area contributed by atoms with Crippen LogP contribution in [0.15, 0.2) is 24.3 Å². The molecule has 0 radical (unpaired) electrons. The minimum absolute atomic E-state index is 0.106. The van der Waals surface area contributed by atoms with Crippen molar-refractivity contribution in [1.82, 2.24) is 0 Å². The molecule has 2 heteroatoms. The van der Waals surface area contributed by atoms with Crippen molar-refractivity contribution < 1.29 is 0 Å². The highest BCUT2D eigenvalue weighted by atomic mass is 35.5. The van der Waals surface area contributed by atoms with Gasteiger partial charge in [-0.2, -0.15) is 0 Å². The van der Waals surface area contributed by atoms with Crippen molar-refractivity contribution in [2.75, 3.05) is 0 Å². The Balaban J connectivity index is 4.41. The molecule has 0 heterocycles. The monoisotopic (exact) mass is 157 g/mol. The third-order valence-corrected chi connectivity index (χ3v) is 1.39. The maximum Gasteiger partial charge on any atom is 0.124 e. The standard InChI is InChI=1S/C8H12ClN/c1-4-5-7(6(2)3)8(9)10/h4-6,10H,1H2,2-3H3/b7-5+,10-8?. The van der Waals surface area contributed by atoms with Crippen LogP contribution in [0.5, 0.6) is 0 Å². The summed E-state index contributed by atoms with van der Waals surface area (Å²) in [6, 6.07) is 0. The van der Waals surface area contributed by atoms with Gasteiger partial charge in [0.2, 0.25) is 0 Å². The van der Waals surface area contributed by atoms with Gasteiger partial charge in [0, 0.05) is 0 Å². The normalized spacial score (nSPS) is 11.8. The molecule has 1 nitrogen and oxygen atoms in total. The SMILES string of the molecule is C=C/C=C(/C(=N)Cl)C(C)C. The van der Waals surface area contributed by atoms with Crippen molar-refractivity contribution in [1.29, 1.82) is 5.41 Å². The highest BCUT2D eigenvalue weighted by Gasteiger charge is 2.04. The molecule has 0 aliphatic rings. The summed E-state index contributed by atoms with van der Waals surface area (Å²) in [4.78, 5) is 0. The van der Waals surface area contributed by atoms with Crippen molar-refractivity contribution in [2.24, 2.45) is 5.92 Å². The average Bonchev–Trinajstić information content (AvgIpc) is 1.81. The van der Waals surface area contributed by atoms with E-state index in [9.17, 15) is 0 Å². The van der Waals surface area contributed by atoms with Gasteiger partial charge in [0.25, 0.3) is 0 Å². The van der Waals surface area contributed by atoms with Crippen molar-refractivity contribution >= 4 is 16.8 Å². The van der Waals surface area contributed by atoms with Gasteiger partial charge < -0.3 is 0 Å². The Morgan fingerprint density at radius 1 is 1.60 bits per heavy atom. The Morgan fingerprint density at radius 2 is 2.10 bits per heavy atom. The van der Waals surface area contributed by atoms with Gasteiger partial charge in [-0.25, -0.2) is 0 Å². The minimum Gasteiger partial charge on any atom is -0.289 e. The zero-order valence-corrected chi connectivity index (χ0v) is 7.07. The zero-order valence-electron chi connectivity index (χ0n) is 6.32. The van der Waals surface area contributed by atoms with Gasteiger partial charge in [-0.05, 0) is 11.5 Å². The zero-order chi connectivity index (χ0) is 8.15. The number of allylic oxidation sites excluding steroid dienone is 3. The number of hydrogen-bond donors (Lipinski definition) is 1. The molecule has 0 aliphatic heterocycles. The van der Waals surface area contributed by atoms with E-state index in [-0.39, 0.29) is 5.17 Å². The van der Waals surface area contributed by atoms with Gasteiger partial charge >= 0.3 is 0 Å². The van der Waals surface area contributed by atoms with E-state index in [0.29, 0.717) is 5.92 Å². The van der Waals surface area contributed by atoms with Crippen LogP contribution in [0.4, 0.5) is 0 Å². The van der Waals surface area contributed by atoms with Crippen molar-refractivity contribution in [3.05, 3.63) is 24.3 Å². The predicted octanol–water partition coefficient (Wildman–Crippen LogP) is 2.97. The first-order chi connectivity index (χ1) is 4.59. The molecule has 0 saturated heterocycles. The molecule has 0 saturated carbocycles. The van der Waals surface area contributed by atoms with E-state index in [2.05, 4.69) is 6.58 Å². The molecule has 0 fully saturated rings. The van der Waals surface area contributed by atoms with E-state index in [1.807, 2.05) is 13.8 Å². The number of halogens is 1. The van der Waals surface area contributed by atoms with Crippen LogP contribution < -0.4 is 0 Å². The molecule has 0 spiro atoms. The first-order valence-electron chi connectivity index (χ1n) is 3.16. The highest BCUT2D eigenvalue weighted by Crippen LogP contribution is 2.12. The fraction of sp³-hybridized carbons (Fsp3) is 0.375. The first-order valence-corrected chi connectivity index (χ1v) is 3.54. The van der Waals surface area contributed by atoms with Crippen LogP contribution >= 0.6 is 11.6 Å². The van der Waals surface area contributed by atoms with E-state index in [0.717, 1.165) is 5.57 Å².